The number of anilines is 4. The minimum Gasteiger partial charge on any atom is -0.480 e. The molecule has 0 unspecified atom stereocenters. The number of allylic oxidation sites excluding steroid dienone is 6. The van der Waals surface area contributed by atoms with Gasteiger partial charge in [-0.2, -0.15) is 10.1 Å². The van der Waals surface area contributed by atoms with Gasteiger partial charge in [0.15, 0.2) is 17.0 Å². The number of carbonyl (C=O) groups is 8. The summed E-state index contributed by atoms with van der Waals surface area (Å²) in [6, 6.07) is 9.59. The van der Waals surface area contributed by atoms with Crippen LogP contribution in [0.4, 0.5) is 28.5 Å². The van der Waals surface area contributed by atoms with Crippen molar-refractivity contribution in [3.8, 4) is 11.3 Å². The molecule has 0 radical (unpaired) electrons. The zero-order chi connectivity index (χ0) is 93.4. The number of nitrogens with one attached hydrogen (secondary N) is 1. The van der Waals surface area contributed by atoms with Gasteiger partial charge in [0.25, 0.3) is 23.6 Å². The zero-order valence-electron chi connectivity index (χ0n) is 76.8. The molecule has 1 saturated carbocycles. The van der Waals surface area contributed by atoms with E-state index < -0.39 is 84.0 Å². The number of amides is 4. The average Bonchev–Trinajstić information content (AvgIpc) is 1.64. The molecule has 14 rings (SSSR count). The van der Waals surface area contributed by atoms with Gasteiger partial charge in [0.2, 0.25) is 23.6 Å². The quantitative estimate of drug-likeness (QED) is 0.0169. The number of cyclic esters (lactones) is 1. The van der Waals surface area contributed by atoms with E-state index in [0.717, 1.165) is 40.7 Å². The van der Waals surface area contributed by atoms with Gasteiger partial charge in [-0.05, 0) is 173 Å². The Balaban J connectivity index is 0.496. The second-order valence-electron chi connectivity index (χ2n) is 36.6. The van der Waals surface area contributed by atoms with E-state index >= 15 is 0 Å². The molecule has 4 saturated heterocycles. The van der Waals surface area contributed by atoms with Crippen LogP contribution >= 0.6 is 0 Å². The fourth-order valence-electron chi connectivity index (χ4n) is 19.4. The maximum absolute atomic E-state index is 14.7. The van der Waals surface area contributed by atoms with Crippen LogP contribution in [0.2, 0.25) is 0 Å². The fourth-order valence-corrected chi connectivity index (χ4v) is 19.4. The molecule has 5 aromatic heterocycles. The highest BCUT2D eigenvalue weighted by atomic mass is 16.6. The van der Waals surface area contributed by atoms with Crippen LogP contribution in [0, 0.1) is 29.6 Å². The Bertz CT molecular complexity index is 5360. The number of carboxylic acid groups (broad SMARTS) is 1. The second kappa shape index (κ2) is 44.3. The lowest BCUT2D eigenvalue weighted by atomic mass is 9.79. The number of ketones is 2. The number of hydrogen-bond donors (Lipinski definition) is 6. The maximum Gasteiger partial charge on any atom is 0.407 e. The molecule has 36 nitrogen and oxygen atoms in total. The molecule has 2 bridgehead atoms. The maximum atomic E-state index is 14.7. The van der Waals surface area contributed by atoms with E-state index in [2.05, 4.69) is 62.1 Å². The van der Waals surface area contributed by atoms with Gasteiger partial charge in [-0.25, -0.2) is 49.0 Å². The van der Waals surface area contributed by atoms with Crippen molar-refractivity contribution >= 4 is 93.2 Å². The molecule has 5 fully saturated rings. The largest absolute Gasteiger partial charge is 0.480 e. The number of piperidine rings is 1. The number of Topliss-reactive ketones (excluding diaryl/α,β-unsaturated/α-hetero) is 2. The number of aliphatic hydroxyl groups excluding tert-OH is 1. The van der Waals surface area contributed by atoms with E-state index in [0.29, 0.717) is 192 Å². The molecule has 708 valence electrons. The minimum atomic E-state index is -2.40. The van der Waals surface area contributed by atoms with Gasteiger partial charge in [0.1, 0.15) is 59.9 Å². The first-order valence-electron chi connectivity index (χ1n) is 46.4. The molecule has 1 aliphatic carbocycles. The van der Waals surface area contributed by atoms with Crippen LogP contribution in [0.3, 0.4) is 0 Å². The lowest BCUT2D eigenvalue weighted by molar-refractivity contribution is -0.245. The van der Waals surface area contributed by atoms with Crippen molar-refractivity contribution in [2.24, 2.45) is 29.6 Å². The topological polar surface area (TPSA) is 457 Å². The van der Waals surface area contributed by atoms with E-state index in [1.54, 1.807) is 49.8 Å². The summed E-state index contributed by atoms with van der Waals surface area (Å²) in [5.41, 5.74) is 21.0. The normalized spacial score (nSPS) is 27.3. The van der Waals surface area contributed by atoms with E-state index in [9.17, 15) is 53.7 Å². The summed E-state index contributed by atoms with van der Waals surface area (Å²) in [5.74, 6) is -6.45. The number of aliphatic carboxylic acids is 1. The first-order valence-corrected chi connectivity index (χ1v) is 46.4. The highest BCUT2D eigenvalue weighted by Gasteiger charge is 2.50. The Labute approximate surface area is 768 Å². The third-order valence-corrected chi connectivity index (χ3v) is 27.0. The lowest BCUT2D eigenvalue weighted by Crippen LogP contribution is -2.58. The van der Waals surface area contributed by atoms with Crippen LogP contribution < -0.4 is 26.6 Å². The molecule has 2 aromatic carbocycles. The lowest BCUT2D eigenvalue weighted by Gasteiger charge is -2.40. The average molecular weight is 1820 g/mol. The van der Waals surface area contributed by atoms with Crippen LogP contribution in [0.5, 0.6) is 0 Å². The van der Waals surface area contributed by atoms with E-state index in [4.69, 9.17) is 49.4 Å². The third kappa shape index (κ3) is 23.9. The van der Waals surface area contributed by atoms with Crippen LogP contribution in [-0.4, -0.2) is 274 Å². The molecule has 12 atom stereocenters. The molecule has 7 aliphatic rings. The number of methoxy groups -OCH3 is 2. The summed E-state index contributed by atoms with van der Waals surface area (Å²) in [7, 11) is 3.00. The summed E-state index contributed by atoms with van der Waals surface area (Å²) in [6.45, 7) is 17.4. The molecule has 36 heteroatoms. The van der Waals surface area contributed by atoms with Crippen molar-refractivity contribution < 1.29 is 86.5 Å². The smallest absolute Gasteiger partial charge is 0.407 e. The van der Waals surface area contributed by atoms with Gasteiger partial charge in [0.05, 0.1) is 55.9 Å². The summed E-state index contributed by atoms with van der Waals surface area (Å²) in [5, 5.41) is 42.3. The number of benzene rings is 2. The van der Waals surface area contributed by atoms with Crippen LogP contribution in [0.1, 0.15) is 177 Å². The highest BCUT2D eigenvalue weighted by molar-refractivity contribution is 6.39. The molecule has 6 aliphatic heterocycles. The number of aromatic nitrogens is 9. The van der Waals surface area contributed by atoms with Gasteiger partial charge in [0, 0.05) is 141 Å². The van der Waals surface area contributed by atoms with Crippen molar-refractivity contribution in [2.45, 2.75) is 225 Å². The molecular weight excluding hydrogens is 1690 g/mol. The standard InChI is InChI=1S/C96H126N18O18/c1-58-15-10-9-11-16-60(3)78(126-7)48-72-17-14-31-96(125,132-72)85(118)89(120)113-32-13-12-18-74(113)91(123)130-76(27-19-59(2)44-63(6)83(117)84(127-8)82(116)62(5)43-58)61(4)45-64-21-25-71(26-22-64)129-95(124)103-51-66-49-99-94(100-50-66)111-38-39-112(75(56-111)90(121)122)79(115)30-41-128-42-40-108-34-36-109(37-35-108)93-101-52-70(53-102-93)88(119)110-33-29-67-46-65(20-23-69(67)55-110)54-114-87-80(86(97)104-57-105-87)81(107-114)68-24-28-77-73(47-68)106-92(98)131-77/h9-11,15-16,20,23-24,28,44,46-47,49-50,52-53,57-59,61-62,64,71-72,74-76,78,83-84,117,125H,12-14,17-19,21-22,25-27,29-43,45,48,51,54-56H2,1-8H3,(H2,98,106)(H,103,124)(H,121,122)(H2,97,104,105)/b11-9+,15-10+,60-16+,63-44+/t58-,59+,61-,62-,64-,71-,72+,74+,75-,76+,78+,83-,84+,96-/m1/s1. The number of carbonyl (C=O) groups excluding carboxylic acids is 7. The molecule has 4 amide bonds. The van der Waals surface area contributed by atoms with Crippen LogP contribution in [-0.2, 0) is 83.2 Å². The molecule has 0 spiro atoms. The summed E-state index contributed by atoms with van der Waals surface area (Å²) < 4.78 is 43.4. The fraction of sp³-hybridized carbons (Fsp3) is 0.562. The Morgan fingerprint density at radius 2 is 1.51 bits per heavy atom. The molecule has 132 heavy (non-hydrogen) atoms. The van der Waals surface area contributed by atoms with Gasteiger partial charge in [-0.15, -0.1) is 0 Å². The van der Waals surface area contributed by atoms with Crippen molar-refractivity contribution in [3.05, 3.63) is 143 Å². The number of piperazine rings is 2. The van der Waals surface area contributed by atoms with Crippen molar-refractivity contribution in [2.75, 3.05) is 114 Å². The number of ether oxygens (including phenoxy) is 6. The third-order valence-electron chi connectivity index (χ3n) is 27.0. The van der Waals surface area contributed by atoms with E-state index in [1.165, 1.54) is 23.2 Å². The number of hydrogen-bond acceptors (Lipinski definition) is 30. The first kappa shape index (κ1) is 96.5. The van der Waals surface area contributed by atoms with Gasteiger partial charge >= 0.3 is 18.0 Å². The van der Waals surface area contributed by atoms with Crippen molar-refractivity contribution in [1.82, 2.24) is 69.6 Å². The Kier molecular flexibility index (Phi) is 32.4. The van der Waals surface area contributed by atoms with Crippen molar-refractivity contribution in [3.63, 3.8) is 0 Å². The number of carboxylic acids is 1. The Morgan fingerprint density at radius 3 is 2.27 bits per heavy atom. The molecule has 8 N–H and O–H groups in total. The molecular formula is C96H126N18O18. The van der Waals surface area contributed by atoms with Gasteiger partial charge in [-0.1, -0.05) is 82.4 Å². The molecule has 7 aromatic rings. The summed E-state index contributed by atoms with van der Waals surface area (Å²) in [4.78, 5) is 153. The van der Waals surface area contributed by atoms with Gasteiger partial charge < -0.3 is 89.4 Å². The number of rotatable bonds is 21. The summed E-state index contributed by atoms with van der Waals surface area (Å²) >= 11 is 0. The monoisotopic (exact) mass is 1820 g/mol. The summed E-state index contributed by atoms with van der Waals surface area (Å²) in [6.07, 6.45) is 22.3. The number of esters is 1. The van der Waals surface area contributed by atoms with E-state index in [1.807, 2.05) is 98.9 Å². The minimum absolute atomic E-state index is 0.000663. The molecule has 11 heterocycles. The van der Waals surface area contributed by atoms with Gasteiger partial charge in [-0.3, -0.25) is 28.9 Å². The van der Waals surface area contributed by atoms with Crippen molar-refractivity contribution in [1.29, 1.82) is 0 Å². The second-order valence-corrected chi connectivity index (χ2v) is 36.6. The Hall–Kier alpha value is -11.5. The predicted octanol–water partition coefficient (Wildman–Crippen LogP) is 9.33. The highest BCUT2D eigenvalue weighted by Crippen LogP contribution is 2.39. The number of oxazole rings is 1. The number of nitrogens with zero attached hydrogens (tertiary/aromatic N) is 15. The van der Waals surface area contributed by atoms with Crippen LogP contribution in [0.25, 0.3) is 33.4 Å². The van der Waals surface area contributed by atoms with Crippen LogP contribution in [0.15, 0.2) is 120 Å². The number of nitrogens with two attached hydrogens (primary N) is 2. The SMILES string of the molecule is CO[C@H]1C[C@@H]2CCC[C@@](O)(O2)C(=O)C(=O)N2CCCC[C@H]2C(=O)O[C@H]([C@H](C)C[C@H]2CC[C@H](OC(=O)NCc3cnc(N4CCN(C(=O)CCOCCN5CCN(c6ncc(C(=O)N7CCc8cc(Cn9nc(-c%10ccc%11oc(N)nc%11c%10)c%10c(N)ncnc%109)ccc8C7)cn6)CC5)[C@@H](C(=O)O)C4)nc3)CC2)CC[C@H](C)/C=C(\C)[C@@H](O)[C@@H](OC)C(=O)[C@H](C)C[C@H](C)/C=C/C=C/C=C/1C. The number of fused-ring (bicyclic) bond motifs is 6. The number of alkyl carbamates (subject to hydrolysis) is 1. The number of nitrogen functional groups attached to an aromatic ring is 2. The number of aliphatic hydroxyl groups is 2. The Morgan fingerprint density at radius 1 is 0.750 bits per heavy atom. The zero-order valence-corrected chi connectivity index (χ0v) is 76.8. The first-order chi connectivity index (χ1) is 63.6. The predicted molar refractivity (Wildman–Crippen MR) is 490 cm³/mol. The van der Waals surface area contributed by atoms with E-state index in [-0.39, 0.29) is 118 Å².